The number of nitrogens with zero attached hydrogens (tertiary/aromatic N) is 3. The minimum absolute atomic E-state index is 0.0602. The number of nitro benzene ring substituents is 1. The monoisotopic (exact) mass is 314 g/mol. The maximum absolute atomic E-state index is 12.1. The quantitative estimate of drug-likeness (QED) is 0.678. The first-order valence-corrected chi connectivity index (χ1v) is 6.88. The van der Waals surface area contributed by atoms with Crippen LogP contribution in [0.2, 0.25) is 0 Å². The van der Waals surface area contributed by atoms with Crippen molar-refractivity contribution in [3.63, 3.8) is 0 Å². The highest BCUT2D eigenvalue weighted by atomic mass is 16.6. The number of non-ortho nitro benzene ring substituents is 1. The zero-order valence-corrected chi connectivity index (χ0v) is 12.5. The normalized spacial score (nSPS) is 15.0. The predicted octanol–water partition coefficient (Wildman–Crippen LogP) is 2.46. The molecular weight excluding hydrogens is 300 g/mol. The number of carbonyl (C=O) groups excluding carboxylic acids is 1. The van der Waals surface area contributed by atoms with Crippen molar-refractivity contribution in [3.8, 4) is 11.6 Å². The van der Waals surface area contributed by atoms with E-state index in [-0.39, 0.29) is 11.7 Å². The van der Waals surface area contributed by atoms with E-state index in [1.807, 2.05) is 0 Å². The Morgan fingerprint density at radius 3 is 2.87 bits per heavy atom. The van der Waals surface area contributed by atoms with Crippen LogP contribution in [-0.2, 0) is 0 Å². The molecule has 2 heterocycles. The lowest BCUT2D eigenvalue weighted by atomic mass is 9.95. The fraction of sp³-hybridized carbons (Fsp3) is 0.200. The van der Waals surface area contributed by atoms with Gasteiger partial charge in [-0.15, -0.1) is 0 Å². The first-order chi connectivity index (χ1) is 11.0. The molecule has 0 bridgehead atoms. The van der Waals surface area contributed by atoms with Crippen LogP contribution in [0.3, 0.4) is 0 Å². The summed E-state index contributed by atoms with van der Waals surface area (Å²) in [6, 6.07) is 6.99. The summed E-state index contributed by atoms with van der Waals surface area (Å²) in [5.74, 6) is 0.831. The number of fused-ring (bicyclic) bond motifs is 2. The molecule has 3 rings (SSSR count). The predicted molar refractivity (Wildman–Crippen MR) is 81.5 cm³/mol. The fourth-order valence-corrected chi connectivity index (χ4v) is 2.64. The van der Waals surface area contributed by atoms with Crippen LogP contribution in [0, 0.1) is 10.1 Å². The van der Waals surface area contributed by atoms with Gasteiger partial charge in [-0.2, -0.15) is 0 Å². The molecular formula is C15H14N4O4. The minimum atomic E-state index is -0.526. The van der Waals surface area contributed by atoms with Gasteiger partial charge in [-0.1, -0.05) is 0 Å². The molecule has 1 unspecified atom stereocenters. The number of ether oxygens (including phenoxy) is 1. The molecule has 0 aliphatic carbocycles. The lowest BCUT2D eigenvalue weighted by Crippen LogP contribution is -2.39. The molecule has 1 N–H and O–H groups in total. The molecule has 8 nitrogen and oxygen atoms in total. The second kappa shape index (κ2) is 5.56. The van der Waals surface area contributed by atoms with E-state index in [2.05, 4.69) is 10.3 Å². The molecule has 118 valence electrons. The average molecular weight is 314 g/mol. The van der Waals surface area contributed by atoms with Gasteiger partial charge in [0.05, 0.1) is 11.0 Å². The molecule has 0 radical (unpaired) electrons. The van der Waals surface area contributed by atoms with Crippen LogP contribution in [0.25, 0.3) is 0 Å². The number of nitrogens with one attached hydrogen (secondary N) is 1. The van der Waals surface area contributed by atoms with Crippen molar-refractivity contribution in [2.75, 3.05) is 14.1 Å². The molecule has 0 spiro atoms. The molecule has 0 saturated carbocycles. The molecule has 1 aliphatic rings. The minimum Gasteiger partial charge on any atom is -0.438 e. The van der Waals surface area contributed by atoms with Gasteiger partial charge in [0.15, 0.2) is 0 Å². The number of hydrogen-bond donors (Lipinski definition) is 1. The Labute approximate surface area is 131 Å². The number of aromatic nitrogens is 1. The van der Waals surface area contributed by atoms with Gasteiger partial charge < -0.3 is 15.0 Å². The Morgan fingerprint density at radius 1 is 1.39 bits per heavy atom. The van der Waals surface area contributed by atoms with E-state index in [1.54, 1.807) is 25.4 Å². The Hall–Kier alpha value is -3.16. The summed E-state index contributed by atoms with van der Waals surface area (Å²) in [4.78, 5) is 28.3. The van der Waals surface area contributed by atoms with Crippen LogP contribution in [0.1, 0.15) is 17.2 Å². The number of rotatable bonds is 2. The molecule has 0 saturated heterocycles. The summed E-state index contributed by atoms with van der Waals surface area (Å²) < 4.78 is 5.71. The second-order valence-electron chi connectivity index (χ2n) is 5.05. The highest BCUT2D eigenvalue weighted by Crippen LogP contribution is 2.45. The SMILES string of the molecule is CNC(=O)N(C)C1c2cc([N+](=O)[O-])ccc2Oc2ncccc21. The van der Waals surface area contributed by atoms with Gasteiger partial charge in [-0.25, -0.2) is 9.78 Å². The van der Waals surface area contributed by atoms with E-state index in [9.17, 15) is 14.9 Å². The molecule has 8 heteroatoms. The third-order valence-corrected chi connectivity index (χ3v) is 3.72. The largest absolute Gasteiger partial charge is 0.438 e. The van der Waals surface area contributed by atoms with Crippen LogP contribution in [0.4, 0.5) is 10.5 Å². The standard InChI is InChI=1S/C15H14N4O4/c1-16-15(20)18(2)13-10-4-3-7-17-14(10)23-12-6-5-9(19(21)22)8-11(12)13/h3-8,13H,1-2H3,(H,16,20). The molecule has 1 atom stereocenters. The van der Waals surface area contributed by atoms with E-state index < -0.39 is 11.0 Å². The summed E-state index contributed by atoms with van der Waals surface area (Å²) in [5, 5.41) is 13.6. The van der Waals surface area contributed by atoms with Gasteiger partial charge in [-0.3, -0.25) is 10.1 Å². The summed E-state index contributed by atoms with van der Waals surface area (Å²) in [7, 11) is 3.14. The van der Waals surface area contributed by atoms with E-state index in [1.165, 1.54) is 30.1 Å². The van der Waals surface area contributed by atoms with Gasteiger partial charge in [-0.05, 0) is 18.2 Å². The highest BCUT2D eigenvalue weighted by Gasteiger charge is 2.34. The zero-order chi connectivity index (χ0) is 16.6. The second-order valence-corrected chi connectivity index (χ2v) is 5.05. The number of benzene rings is 1. The molecule has 1 aromatic carbocycles. The van der Waals surface area contributed by atoms with Crippen LogP contribution in [0.5, 0.6) is 11.6 Å². The number of urea groups is 1. The van der Waals surface area contributed by atoms with Gasteiger partial charge >= 0.3 is 6.03 Å². The van der Waals surface area contributed by atoms with Gasteiger partial charge in [0, 0.05) is 43.6 Å². The van der Waals surface area contributed by atoms with E-state index in [4.69, 9.17) is 4.74 Å². The number of pyridine rings is 1. The van der Waals surface area contributed by atoms with Gasteiger partial charge in [0.2, 0.25) is 5.88 Å². The summed E-state index contributed by atoms with van der Waals surface area (Å²) >= 11 is 0. The highest BCUT2D eigenvalue weighted by molar-refractivity contribution is 5.75. The van der Waals surface area contributed by atoms with Gasteiger partial charge in [0.1, 0.15) is 5.75 Å². The van der Waals surface area contributed by atoms with Crippen LogP contribution >= 0.6 is 0 Å². The van der Waals surface area contributed by atoms with E-state index in [0.29, 0.717) is 22.8 Å². The molecule has 23 heavy (non-hydrogen) atoms. The summed E-state index contributed by atoms with van der Waals surface area (Å²) in [6.45, 7) is 0. The van der Waals surface area contributed by atoms with Crippen LogP contribution < -0.4 is 10.1 Å². The third kappa shape index (κ3) is 2.44. The Morgan fingerprint density at radius 2 is 2.17 bits per heavy atom. The number of nitro groups is 1. The number of amides is 2. The first-order valence-electron chi connectivity index (χ1n) is 6.88. The molecule has 0 fully saturated rings. The van der Waals surface area contributed by atoms with E-state index >= 15 is 0 Å². The zero-order valence-electron chi connectivity index (χ0n) is 12.5. The van der Waals surface area contributed by atoms with Crippen LogP contribution in [0.15, 0.2) is 36.5 Å². The molecule has 1 aromatic heterocycles. The molecule has 2 amide bonds. The van der Waals surface area contributed by atoms with Crippen molar-refractivity contribution in [1.29, 1.82) is 0 Å². The smallest absolute Gasteiger partial charge is 0.317 e. The Balaban J connectivity index is 2.18. The van der Waals surface area contributed by atoms with Crippen molar-refractivity contribution < 1.29 is 14.5 Å². The Kier molecular flexibility index (Phi) is 3.57. The van der Waals surface area contributed by atoms with Gasteiger partial charge in [0.25, 0.3) is 5.69 Å². The van der Waals surface area contributed by atoms with E-state index in [0.717, 1.165) is 0 Å². The number of hydrogen-bond acceptors (Lipinski definition) is 5. The summed E-state index contributed by atoms with van der Waals surface area (Å²) in [6.07, 6.45) is 1.59. The van der Waals surface area contributed by atoms with Crippen molar-refractivity contribution in [1.82, 2.24) is 15.2 Å². The fourth-order valence-electron chi connectivity index (χ4n) is 2.64. The third-order valence-electron chi connectivity index (χ3n) is 3.72. The summed E-state index contributed by atoms with van der Waals surface area (Å²) in [5.41, 5.74) is 1.16. The Bertz CT molecular complexity index is 793. The van der Waals surface area contributed by atoms with Crippen molar-refractivity contribution >= 4 is 11.7 Å². The topological polar surface area (TPSA) is 97.6 Å². The molecule has 2 aromatic rings. The lowest BCUT2D eigenvalue weighted by molar-refractivity contribution is -0.385. The van der Waals surface area contributed by atoms with Crippen molar-refractivity contribution in [2.45, 2.75) is 6.04 Å². The van der Waals surface area contributed by atoms with Crippen molar-refractivity contribution in [2.24, 2.45) is 0 Å². The maximum atomic E-state index is 12.1. The number of carbonyl (C=O) groups is 1. The van der Waals surface area contributed by atoms with Crippen LogP contribution in [-0.4, -0.2) is 34.9 Å². The average Bonchev–Trinajstić information content (AvgIpc) is 2.57. The molecule has 1 aliphatic heterocycles. The lowest BCUT2D eigenvalue weighted by Gasteiger charge is -2.33. The van der Waals surface area contributed by atoms with Crippen molar-refractivity contribution in [3.05, 3.63) is 57.8 Å². The maximum Gasteiger partial charge on any atom is 0.317 e. The first kappa shape index (κ1) is 14.8.